The summed E-state index contributed by atoms with van der Waals surface area (Å²) in [5, 5.41) is 0. The molecule has 0 bridgehead atoms. The van der Waals surface area contributed by atoms with Gasteiger partial charge in [0.15, 0.2) is 0 Å². The van der Waals surface area contributed by atoms with Crippen molar-refractivity contribution in [3.8, 4) is 0 Å². The molecule has 0 aliphatic carbocycles. The molecule has 3 atom stereocenters. The van der Waals surface area contributed by atoms with Crippen molar-refractivity contribution < 1.29 is 4.79 Å². The van der Waals surface area contributed by atoms with Crippen LogP contribution in [0.4, 0.5) is 0 Å². The summed E-state index contributed by atoms with van der Waals surface area (Å²) in [5.74, 6) is 0.822. The van der Waals surface area contributed by atoms with E-state index in [-0.39, 0.29) is 17.9 Å². The average Bonchev–Trinajstić information content (AvgIpc) is 2.78. The highest BCUT2D eigenvalue weighted by atomic mass is 16.2. The summed E-state index contributed by atoms with van der Waals surface area (Å²) < 4.78 is 0. The molecule has 2 aliphatic rings. The average molecular weight is 419 g/mol. The molecule has 3 nitrogen and oxygen atoms in total. The van der Waals surface area contributed by atoms with E-state index in [4.69, 9.17) is 0 Å². The molecule has 0 spiro atoms. The van der Waals surface area contributed by atoms with Crippen LogP contribution in [0.15, 0.2) is 98.3 Å². The predicted molar refractivity (Wildman–Crippen MR) is 133 cm³/mol. The van der Waals surface area contributed by atoms with Crippen molar-refractivity contribution in [2.45, 2.75) is 38.6 Å². The molecule has 166 valence electrons. The van der Waals surface area contributed by atoms with Crippen LogP contribution in [0.1, 0.15) is 32.6 Å². The highest BCUT2D eigenvalue weighted by Crippen LogP contribution is 2.38. The van der Waals surface area contributed by atoms with E-state index in [0.29, 0.717) is 5.92 Å². The molecule has 0 radical (unpaired) electrons. The number of hydrogen-bond acceptors (Lipinski definition) is 2. The van der Waals surface area contributed by atoms with E-state index < -0.39 is 0 Å². The van der Waals surface area contributed by atoms with Gasteiger partial charge in [0.05, 0.1) is 0 Å². The third kappa shape index (κ3) is 6.67. The topological polar surface area (TPSA) is 23.6 Å². The normalized spacial score (nSPS) is 25.6. The Balaban J connectivity index is 2.15. The van der Waals surface area contributed by atoms with E-state index in [1.807, 2.05) is 36.5 Å². The molecule has 3 unspecified atom stereocenters. The first kappa shape index (κ1) is 24.6. The number of piperidine rings is 2. The number of hydrogen-bond donors (Lipinski definition) is 0. The maximum atomic E-state index is 13.3. The Morgan fingerprint density at radius 3 is 2.48 bits per heavy atom. The largest absolute Gasteiger partial charge is 0.309 e. The minimum atomic E-state index is 0.0826. The number of likely N-dealkylation sites (tertiary alicyclic amines) is 2. The second kappa shape index (κ2) is 12.9. The first-order chi connectivity index (χ1) is 15.1. The van der Waals surface area contributed by atoms with E-state index in [9.17, 15) is 4.79 Å². The Labute approximate surface area is 189 Å². The monoisotopic (exact) mass is 418 g/mol. The minimum Gasteiger partial charge on any atom is -0.309 e. The van der Waals surface area contributed by atoms with Crippen LogP contribution in [0.3, 0.4) is 0 Å². The number of rotatable bonds is 11. The summed E-state index contributed by atoms with van der Waals surface area (Å²) >= 11 is 0. The summed E-state index contributed by atoms with van der Waals surface area (Å²) in [4.78, 5) is 17.9. The fraction of sp³-hybridized carbons (Fsp3) is 0.393. The maximum Gasteiger partial charge on any atom is 0.230 e. The SMILES string of the molecule is C=C/C=C\C=C(/C=C)CCN1CCC2C(CC(CC)C(=O)N2C(/C=C\C=C)=C/C=C)C1. The van der Waals surface area contributed by atoms with Crippen LogP contribution in [0.2, 0.25) is 0 Å². The first-order valence-electron chi connectivity index (χ1n) is 11.4. The summed E-state index contributed by atoms with van der Waals surface area (Å²) in [6.07, 6.45) is 22.9. The third-order valence-corrected chi connectivity index (χ3v) is 6.28. The first-order valence-corrected chi connectivity index (χ1v) is 11.4. The lowest BCUT2D eigenvalue weighted by atomic mass is 9.77. The van der Waals surface area contributed by atoms with Crippen LogP contribution in [-0.4, -0.2) is 41.4 Å². The predicted octanol–water partition coefficient (Wildman–Crippen LogP) is 5.99. The number of nitrogens with zero attached hydrogens (tertiary/aromatic N) is 2. The molecule has 0 aromatic heterocycles. The van der Waals surface area contributed by atoms with Gasteiger partial charge in [0, 0.05) is 37.3 Å². The van der Waals surface area contributed by atoms with Gasteiger partial charge < -0.3 is 9.80 Å². The van der Waals surface area contributed by atoms with E-state index in [1.165, 1.54) is 5.57 Å². The van der Waals surface area contributed by atoms with Crippen molar-refractivity contribution in [2.75, 3.05) is 19.6 Å². The molecule has 2 saturated heterocycles. The van der Waals surface area contributed by atoms with Crippen molar-refractivity contribution in [3.63, 3.8) is 0 Å². The molecular formula is C28H38N2O. The van der Waals surface area contributed by atoms with E-state index in [2.05, 4.69) is 49.1 Å². The summed E-state index contributed by atoms with van der Waals surface area (Å²) in [6, 6.07) is 0.247. The second-order valence-corrected chi connectivity index (χ2v) is 8.20. The van der Waals surface area contributed by atoms with E-state index >= 15 is 0 Å². The fourth-order valence-electron chi connectivity index (χ4n) is 4.66. The molecule has 1 amide bonds. The van der Waals surface area contributed by atoms with Crippen molar-refractivity contribution in [2.24, 2.45) is 11.8 Å². The molecule has 2 heterocycles. The van der Waals surface area contributed by atoms with Gasteiger partial charge in [-0.2, -0.15) is 0 Å². The van der Waals surface area contributed by atoms with Crippen LogP contribution >= 0.6 is 0 Å². The van der Waals surface area contributed by atoms with Crippen molar-refractivity contribution in [3.05, 3.63) is 98.3 Å². The van der Waals surface area contributed by atoms with Gasteiger partial charge in [0.1, 0.15) is 0 Å². The molecule has 2 rings (SSSR count). The quantitative estimate of drug-likeness (QED) is 0.385. The summed E-state index contributed by atoms with van der Waals surface area (Å²) in [5.41, 5.74) is 2.16. The van der Waals surface area contributed by atoms with Crippen LogP contribution in [0, 0.1) is 11.8 Å². The molecule has 31 heavy (non-hydrogen) atoms. The van der Waals surface area contributed by atoms with Gasteiger partial charge >= 0.3 is 0 Å². The molecule has 0 saturated carbocycles. The van der Waals surface area contributed by atoms with Crippen molar-refractivity contribution in [1.29, 1.82) is 0 Å². The molecule has 2 fully saturated rings. The van der Waals surface area contributed by atoms with Crippen LogP contribution in [0.25, 0.3) is 0 Å². The minimum absolute atomic E-state index is 0.0826. The maximum absolute atomic E-state index is 13.3. The molecule has 2 aliphatic heterocycles. The molecule has 0 aromatic carbocycles. The highest BCUT2D eigenvalue weighted by Gasteiger charge is 2.44. The van der Waals surface area contributed by atoms with Gasteiger partial charge in [-0.15, -0.1) is 0 Å². The third-order valence-electron chi connectivity index (χ3n) is 6.28. The van der Waals surface area contributed by atoms with Gasteiger partial charge in [-0.3, -0.25) is 4.79 Å². The zero-order valence-electron chi connectivity index (χ0n) is 19.1. The number of carbonyl (C=O) groups is 1. The number of allylic oxidation sites excluding steroid dienone is 10. The van der Waals surface area contributed by atoms with Gasteiger partial charge in [-0.1, -0.05) is 81.8 Å². The highest BCUT2D eigenvalue weighted by molar-refractivity contribution is 5.82. The van der Waals surface area contributed by atoms with Crippen LogP contribution < -0.4 is 0 Å². The number of fused-ring (bicyclic) bond motifs is 1. The second-order valence-electron chi connectivity index (χ2n) is 8.20. The smallest absolute Gasteiger partial charge is 0.230 e. The standard InChI is InChI=1S/C28H38N2O/c1-6-11-13-15-23(9-4)17-19-29-20-18-27-25(22-29)21-24(10-5)28(31)30(27)26(14-8-3)16-12-7-2/h6-9,11-16,24-25,27H,1-4,10,17-22H2,5H3/b13-11-,16-12-,23-15+,26-14+. The van der Waals surface area contributed by atoms with Gasteiger partial charge in [0.2, 0.25) is 5.91 Å². The Hall–Kier alpha value is -2.65. The van der Waals surface area contributed by atoms with Crippen molar-refractivity contribution in [1.82, 2.24) is 9.80 Å². The summed E-state index contributed by atoms with van der Waals surface area (Å²) in [6.45, 7) is 20.5. The Morgan fingerprint density at radius 2 is 1.84 bits per heavy atom. The van der Waals surface area contributed by atoms with Gasteiger partial charge in [-0.05, 0) is 49.3 Å². The van der Waals surface area contributed by atoms with Crippen LogP contribution in [-0.2, 0) is 4.79 Å². The van der Waals surface area contributed by atoms with E-state index in [1.54, 1.807) is 18.2 Å². The lowest BCUT2D eigenvalue weighted by Crippen LogP contribution is -2.58. The molecule has 0 N–H and O–H groups in total. The zero-order chi connectivity index (χ0) is 22.6. The van der Waals surface area contributed by atoms with E-state index in [0.717, 1.165) is 51.0 Å². The zero-order valence-corrected chi connectivity index (χ0v) is 19.1. The molecule has 0 aromatic rings. The van der Waals surface area contributed by atoms with Crippen LogP contribution in [0.5, 0.6) is 0 Å². The Bertz CT molecular complexity index is 783. The Morgan fingerprint density at radius 1 is 1.06 bits per heavy atom. The number of amides is 1. The summed E-state index contributed by atoms with van der Waals surface area (Å²) in [7, 11) is 0. The van der Waals surface area contributed by atoms with Gasteiger partial charge in [0.25, 0.3) is 0 Å². The lowest BCUT2D eigenvalue weighted by Gasteiger charge is -2.49. The Kier molecular flexibility index (Phi) is 10.3. The van der Waals surface area contributed by atoms with Gasteiger partial charge in [-0.25, -0.2) is 0 Å². The lowest BCUT2D eigenvalue weighted by molar-refractivity contribution is -0.144. The number of carbonyl (C=O) groups excluding carboxylic acids is 1. The van der Waals surface area contributed by atoms with Crippen molar-refractivity contribution >= 4 is 5.91 Å². The molecular weight excluding hydrogens is 380 g/mol. The molecule has 3 heteroatoms. The fourth-order valence-corrected chi connectivity index (χ4v) is 4.66.